The topological polar surface area (TPSA) is 87.5 Å². The van der Waals surface area contributed by atoms with Gasteiger partial charge in [0.25, 0.3) is 0 Å². The van der Waals surface area contributed by atoms with Gasteiger partial charge in [-0.15, -0.1) is 0 Å². The number of nitrogens with one attached hydrogen (secondary N) is 1. The molecule has 0 amide bonds. The molecule has 0 spiro atoms. The molecule has 3 N–H and O–H groups in total. The van der Waals surface area contributed by atoms with Gasteiger partial charge in [-0.1, -0.05) is 12.2 Å². The summed E-state index contributed by atoms with van der Waals surface area (Å²) in [5.74, 6) is -1.67. The first-order valence-electron chi connectivity index (χ1n) is 11.6. The maximum atomic E-state index is 14.7. The van der Waals surface area contributed by atoms with E-state index in [1.807, 2.05) is 0 Å². The Morgan fingerprint density at radius 3 is 2.60 bits per heavy atom. The lowest BCUT2D eigenvalue weighted by Crippen LogP contribution is -2.38. The average Bonchev–Trinajstić information content (AvgIpc) is 2.87. The average molecular weight is 488 g/mol. The molecule has 1 aliphatic carbocycles. The third-order valence-electron chi connectivity index (χ3n) is 6.54. The molecular weight excluding hydrogens is 459 g/mol. The second-order valence-corrected chi connectivity index (χ2v) is 8.76. The second-order valence-electron chi connectivity index (χ2n) is 8.76. The summed E-state index contributed by atoms with van der Waals surface area (Å²) in [6, 6.07) is 6.71. The number of benzene rings is 1. The highest BCUT2D eigenvalue weighted by Gasteiger charge is 2.33. The number of methoxy groups -OCH3 is 1. The molecule has 0 saturated heterocycles. The van der Waals surface area contributed by atoms with Gasteiger partial charge >= 0.3 is 0 Å². The van der Waals surface area contributed by atoms with Crippen molar-refractivity contribution in [2.45, 2.75) is 43.9 Å². The molecule has 3 aromatic rings. The van der Waals surface area contributed by atoms with Gasteiger partial charge in [0, 0.05) is 29.8 Å². The number of hydrogen-bond acceptors (Lipinski definition) is 6. The quantitative estimate of drug-likeness (QED) is 0.439. The summed E-state index contributed by atoms with van der Waals surface area (Å²) in [6.07, 6.45) is 4.45. The monoisotopic (exact) mass is 487 g/mol. The minimum Gasteiger partial charge on any atom is -0.481 e. The molecule has 2 atom stereocenters. The van der Waals surface area contributed by atoms with Crippen LogP contribution in [-0.4, -0.2) is 46.0 Å². The van der Waals surface area contributed by atoms with Crippen LogP contribution in [0.25, 0.3) is 17.1 Å². The predicted molar refractivity (Wildman–Crippen MR) is 126 cm³/mol. The first-order valence-corrected chi connectivity index (χ1v) is 11.6. The van der Waals surface area contributed by atoms with Crippen LogP contribution in [0.5, 0.6) is 5.88 Å². The van der Waals surface area contributed by atoms with Crippen LogP contribution in [0.4, 0.5) is 13.2 Å². The van der Waals surface area contributed by atoms with E-state index in [0.29, 0.717) is 24.9 Å². The molecule has 1 fully saturated rings. The first-order chi connectivity index (χ1) is 16.9. The minimum absolute atomic E-state index is 0.0867. The fourth-order valence-corrected chi connectivity index (χ4v) is 4.60. The molecule has 0 unspecified atom stereocenters. The van der Waals surface area contributed by atoms with Gasteiger partial charge in [0.15, 0.2) is 0 Å². The number of hydrogen-bond donors (Lipinski definition) is 3. The van der Waals surface area contributed by atoms with Gasteiger partial charge in [-0.2, -0.15) is 0 Å². The Hall–Kier alpha value is -3.01. The van der Waals surface area contributed by atoms with Crippen LogP contribution in [0.1, 0.15) is 42.9 Å². The Bertz CT molecular complexity index is 1200. The van der Waals surface area contributed by atoms with Crippen LogP contribution >= 0.6 is 0 Å². The number of aliphatic hydroxyl groups excluding tert-OH is 2. The summed E-state index contributed by atoms with van der Waals surface area (Å²) in [5.41, 5.74) is 0.660. The number of rotatable bonds is 8. The summed E-state index contributed by atoms with van der Waals surface area (Å²) in [5, 5.41) is 25.1. The Balaban J connectivity index is 1.34. The van der Waals surface area contributed by atoms with E-state index in [4.69, 9.17) is 4.74 Å². The fourth-order valence-electron chi connectivity index (χ4n) is 4.60. The van der Waals surface area contributed by atoms with E-state index >= 15 is 0 Å². The third-order valence-corrected chi connectivity index (χ3v) is 6.54. The standard InChI is InChI=1S/C26H28F3N3O3/c1-35-22-11-10-21-24(32-22)23(20(29)14-31-21)26(34)25(33)15-4-7-18(8-5-15)30-12-2-3-16-13-17(27)6-9-19(16)28/h2-3,6,9-11,13-15,18,25-26,30,33-34H,4-5,7-8,12H2,1H3/t15-,18-,25-,26-/m1/s1. The zero-order chi connectivity index (χ0) is 24.9. The van der Waals surface area contributed by atoms with Crippen molar-refractivity contribution in [3.8, 4) is 5.88 Å². The SMILES string of the molecule is COc1ccc2ncc(F)c([C@@H](O)[C@H](O)[C@H]3CC[C@H](NCC=Cc4cc(F)ccc4F)CC3)c2n1. The van der Waals surface area contributed by atoms with Crippen LogP contribution in [-0.2, 0) is 0 Å². The minimum atomic E-state index is -1.46. The molecule has 4 rings (SSSR count). The molecule has 0 aliphatic heterocycles. The zero-order valence-electron chi connectivity index (χ0n) is 19.3. The van der Waals surface area contributed by atoms with E-state index in [-0.39, 0.29) is 34.5 Å². The van der Waals surface area contributed by atoms with E-state index in [9.17, 15) is 23.4 Å². The molecule has 6 nitrogen and oxygen atoms in total. The largest absolute Gasteiger partial charge is 0.481 e. The summed E-state index contributed by atoms with van der Waals surface area (Å²) in [7, 11) is 1.44. The number of ether oxygens (including phenoxy) is 1. The van der Waals surface area contributed by atoms with E-state index < -0.39 is 29.7 Å². The van der Waals surface area contributed by atoms with Crippen molar-refractivity contribution in [2.75, 3.05) is 13.7 Å². The van der Waals surface area contributed by atoms with Gasteiger partial charge in [0.05, 0.1) is 24.9 Å². The predicted octanol–water partition coefficient (Wildman–Crippen LogP) is 4.31. The lowest BCUT2D eigenvalue weighted by molar-refractivity contribution is -0.0315. The number of aliphatic hydroxyl groups is 2. The van der Waals surface area contributed by atoms with E-state index in [1.165, 1.54) is 13.2 Å². The summed E-state index contributed by atoms with van der Waals surface area (Å²) in [4.78, 5) is 8.24. The molecule has 0 bridgehead atoms. The number of aromatic nitrogens is 2. The molecule has 2 heterocycles. The summed E-state index contributed by atoms with van der Waals surface area (Å²) >= 11 is 0. The smallest absolute Gasteiger partial charge is 0.213 e. The van der Waals surface area contributed by atoms with Crippen molar-refractivity contribution in [1.82, 2.24) is 15.3 Å². The highest BCUT2D eigenvalue weighted by molar-refractivity contribution is 5.78. The van der Waals surface area contributed by atoms with Gasteiger partial charge in [0.2, 0.25) is 5.88 Å². The van der Waals surface area contributed by atoms with E-state index in [1.54, 1.807) is 18.2 Å². The Morgan fingerprint density at radius 1 is 1.09 bits per heavy atom. The third kappa shape index (κ3) is 5.80. The van der Waals surface area contributed by atoms with Gasteiger partial charge < -0.3 is 20.3 Å². The number of halogens is 3. The molecular formula is C26H28F3N3O3. The van der Waals surface area contributed by atoms with Crippen molar-refractivity contribution in [2.24, 2.45) is 5.92 Å². The van der Waals surface area contributed by atoms with Gasteiger partial charge in [-0.05, 0) is 55.9 Å². The molecule has 0 radical (unpaired) electrons. The van der Waals surface area contributed by atoms with Gasteiger partial charge in [-0.25, -0.2) is 18.2 Å². The Labute approximate surface area is 201 Å². The van der Waals surface area contributed by atoms with Crippen LogP contribution < -0.4 is 10.1 Å². The van der Waals surface area contributed by atoms with Crippen molar-refractivity contribution in [3.05, 3.63) is 71.2 Å². The Morgan fingerprint density at radius 2 is 1.86 bits per heavy atom. The molecule has 9 heteroatoms. The molecule has 35 heavy (non-hydrogen) atoms. The van der Waals surface area contributed by atoms with Crippen molar-refractivity contribution in [1.29, 1.82) is 0 Å². The van der Waals surface area contributed by atoms with Crippen LogP contribution in [0, 0.1) is 23.4 Å². The normalized spacial score (nSPS) is 20.3. The summed E-state index contributed by atoms with van der Waals surface area (Å²) < 4.78 is 46.7. The fraction of sp³-hybridized carbons (Fsp3) is 0.385. The highest BCUT2D eigenvalue weighted by Crippen LogP contribution is 2.35. The second kappa shape index (κ2) is 11.2. The lowest BCUT2D eigenvalue weighted by Gasteiger charge is -2.34. The lowest BCUT2D eigenvalue weighted by atomic mass is 9.80. The van der Waals surface area contributed by atoms with Crippen LogP contribution in [0.15, 0.2) is 42.6 Å². The number of nitrogens with zero attached hydrogens (tertiary/aromatic N) is 2. The molecule has 1 saturated carbocycles. The van der Waals surface area contributed by atoms with E-state index in [0.717, 1.165) is 37.2 Å². The maximum absolute atomic E-state index is 14.7. The first kappa shape index (κ1) is 25.1. The molecule has 1 aliphatic rings. The van der Waals surface area contributed by atoms with Crippen LogP contribution in [0.3, 0.4) is 0 Å². The molecule has 2 aromatic heterocycles. The van der Waals surface area contributed by atoms with Crippen molar-refractivity contribution in [3.63, 3.8) is 0 Å². The van der Waals surface area contributed by atoms with Crippen molar-refractivity contribution < 1.29 is 28.1 Å². The van der Waals surface area contributed by atoms with Crippen molar-refractivity contribution >= 4 is 17.1 Å². The number of fused-ring (bicyclic) bond motifs is 1. The van der Waals surface area contributed by atoms with Crippen LogP contribution in [0.2, 0.25) is 0 Å². The number of pyridine rings is 2. The highest BCUT2D eigenvalue weighted by atomic mass is 19.1. The Kier molecular flexibility index (Phi) is 8.00. The molecule has 186 valence electrons. The zero-order valence-corrected chi connectivity index (χ0v) is 19.3. The maximum Gasteiger partial charge on any atom is 0.213 e. The molecule has 1 aromatic carbocycles. The van der Waals surface area contributed by atoms with E-state index in [2.05, 4.69) is 15.3 Å². The van der Waals surface area contributed by atoms with Gasteiger partial charge in [0.1, 0.15) is 29.1 Å². The summed E-state index contributed by atoms with van der Waals surface area (Å²) in [6.45, 7) is 0.484. The van der Waals surface area contributed by atoms with Gasteiger partial charge in [-0.3, -0.25) is 4.98 Å².